The summed E-state index contributed by atoms with van der Waals surface area (Å²) in [7, 11) is 0. The van der Waals surface area contributed by atoms with Gasteiger partial charge in [-0.05, 0) is 32.0 Å². The fraction of sp³-hybridized carbons (Fsp3) is 0.467. The molecule has 0 saturated carbocycles. The molecular weight excluding hydrogens is 270 g/mol. The van der Waals surface area contributed by atoms with E-state index in [0.29, 0.717) is 5.56 Å². The Morgan fingerprint density at radius 1 is 1.29 bits per heavy atom. The molecular formula is C15H21N3O3. The third kappa shape index (κ3) is 4.19. The van der Waals surface area contributed by atoms with Gasteiger partial charge < -0.3 is 21.1 Å². The van der Waals surface area contributed by atoms with Crippen molar-refractivity contribution in [2.75, 3.05) is 19.6 Å². The van der Waals surface area contributed by atoms with Crippen LogP contribution >= 0.6 is 0 Å². The molecule has 1 aliphatic rings. The van der Waals surface area contributed by atoms with Crippen molar-refractivity contribution in [3.05, 3.63) is 29.8 Å². The number of piperidine rings is 1. The van der Waals surface area contributed by atoms with E-state index in [4.69, 9.17) is 5.73 Å². The van der Waals surface area contributed by atoms with Crippen molar-refractivity contribution in [2.45, 2.75) is 25.3 Å². The molecule has 1 aliphatic heterocycles. The van der Waals surface area contributed by atoms with Crippen LogP contribution in [0.1, 0.15) is 18.4 Å². The molecule has 0 spiro atoms. The van der Waals surface area contributed by atoms with E-state index in [1.165, 1.54) is 0 Å². The predicted octanol–water partition coefficient (Wildman–Crippen LogP) is 0.000600. The fourth-order valence-electron chi connectivity index (χ4n) is 2.63. The lowest BCUT2D eigenvalue weighted by Crippen LogP contribution is -2.49. The van der Waals surface area contributed by atoms with Gasteiger partial charge >= 0.3 is 0 Å². The zero-order chi connectivity index (χ0) is 15.2. The van der Waals surface area contributed by atoms with Crippen LogP contribution in [-0.2, 0) is 16.0 Å². The average molecular weight is 291 g/mol. The lowest BCUT2D eigenvalue weighted by Gasteiger charge is -2.34. The van der Waals surface area contributed by atoms with Crippen molar-refractivity contribution in [1.82, 2.24) is 10.2 Å². The van der Waals surface area contributed by atoms with E-state index < -0.39 is 5.91 Å². The summed E-state index contributed by atoms with van der Waals surface area (Å²) in [4.78, 5) is 25.3. The summed E-state index contributed by atoms with van der Waals surface area (Å²) in [5.41, 5.74) is 5.82. The van der Waals surface area contributed by atoms with Gasteiger partial charge in [0.15, 0.2) is 0 Å². The van der Waals surface area contributed by atoms with Crippen molar-refractivity contribution < 1.29 is 14.7 Å². The second-order valence-electron chi connectivity index (χ2n) is 5.27. The summed E-state index contributed by atoms with van der Waals surface area (Å²) in [6.45, 7) is 1.57. The summed E-state index contributed by atoms with van der Waals surface area (Å²) >= 11 is 0. The molecule has 6 heteroatoms. The Kier molecular flexibility index (Phi) is 5.16. The molecule has 0 aromatic heterocycles. The molecule has 21 heavy (non-hydrogen) atoms. The maximum absolute atomic E-state index is 12.5. The number of benzene rings is 1. The maximum Gasteiger partial charge on any atom is 0.237 e. The van der Waals surface area contributed by atoms with Crippen molar-refractivity contribution >= 4 is 11.8 Å². The number of nitrogens with two attached hydrogens (primary N) is 1. The van der Waals surface area contributed by atoms with E-state index in [-0.39, 0.29) is 30.7 Å². The smallest absolute Gasteiger partial charge is 0.237 e. The Morgan fingerprint density at radius 3 is 2.57 bits per heavy atom. The highest BCUT2D eigenvalue weighted by molar-refractivity contribution is 5.85. The highest BCUT2D eigenvalue weighted by Crippen LogP contribution is 2.19. The number of phenols is 1. The molecule has 2 amide bonds. The highest BCUT2D eigenvalue weighted by atomic mass is 16.3. The number of carbonyl (C=O) groups is 2. The van der Waals surface area contributed by atoms with Crippen LogP contribution < -0.4 is 11.1 Å². The van der Waals surface area contributed by atoms with Gasteiger partial charge in [0.1, 0.15) is 5.75 Å². The monoisotopic (exact) mass is 291 g/mol. The van der Waals surface area contributed by atoms with Crippen LogP contribution in [-0.4, -0.2) is 47.5 Å². The van der Waals surface area contributed by atoms with Gasteiger partial charge in [-0.2, -0.15) is 0 Å². The van der Waals surface area contributed by atoms with E-state index in [9.17, 15) is 14.7 Å². The van der Waals surface area contributed by atoms with Gasteiger partial charge in [0.05, 0.1) is 13.0 Å². The van der Waals surface area contributed by atoms with E-state index in [1.807, 2.05) is 0 Å². The second-order valence-corrected chi connectivity index (χ2v) is 5.27. The van der Waals surface area contributed by atoms with Gasteiger partial charge in [0.2, 0.25) is 11.8 Å². The molecule has 2 rings (SSSR count). The third-order valence-corrected chi connectivity index (χ3v) is 3.73. The van der Waals surface area contributed by atoms with Crippen LogP contribution in [0.4, 0.5) is 0 Å². The van der Waals surface area contributed by atoms with Crippen molar-refractivity contribution in [2.24, 2.45) is 5.73 Å². The Labute approximate surface area is 123 Å². The van der Waals surface area contributed by atoms with Gasteiger partial charge in [0.25, 0.3) is 0 Å². The number of carbonyl (C=O) groups excluding carboxylic acids is 2. The Hall–Kier alpha value is -2.08. The van der Waals surface area contributed by atoms with E-state index in [0.717, 1.165) is 25.9 Å². The molecule has 0 bridgehead atoms. The van der Waals surface area contributed by atoms with Crippen LogP contribution in [0.3, 0.4) is 0 Å². The van der Waals surface area contributed by atoms with Gasteiger partial charge in [-0.1, -0.05) is 18.2 Å². The first kappa shape index (κ1) is 15.3. The molecule has 114 valence electrons. The normalized spacial score (nSPS) is 15.6. The Bertz CT molecular complexity index is 513. The molecule has 4 N–H and O–H groups in total. The molecule has 1 heterocycles. The molecule has 1 fully saturated rings. The Morgan fingerprint density at radius 2 is 1.95 bits per heavy atom. The van der Waals surface area contributed by atoms with Gasteiger partial charge in [-0.15, -0.1) is 0 Å². The molecule has 1 aromatic carbocycles. The second kappa shape index (κ2) is 7.08. The summed E-state index contributed by atoms with van der Waals surface area (Å²) in [6, 6.07) is 6.75. The number of hydrogen-bond acceptors (Lipinski definition) is 4. The number of amides is 2. The number of nitrogens with zero attached hydrogens (tertiary/aromatic N) is 1. The maximum atomic E-state index is 12.5. The van der Waals surface area contributed by atoms with Gasteiger partial charge in [0, 0.05) is 11.6 Å². The summed E-state index contributed by atoms with van der Waals surface area (Å²) < 4.78 is 0. The quantitative estimate of drug-likeness (QED) is 0.711. The van der Waals surface area contributed by atoms with E-state index in [1.54, 1.807) is 29.2 Å². The molecule has 0 aliphatic carbocycles. The largest absolute Gasteiger partial charge is 0.508 e. The minimum atomic E-state index is -0.515. The molecule has 1 aromatic rings. The third-order valence-electron chi connectivity index (χ3n) is 3.73. The number of phenolic OH excluding ortho intramolecular Hbond substituents is 1. The zero-order valence-electron chi connectivity index (χ0n) is 11.9. The SMILES string of the molecule is NC(=O)CN(C(=O)Cc1ccccc1O)C1CCNCC1. The first-order valence-corrected chi connectivity index (χ1v) is 7.13. The van der Waals surface area contributed by atoms with Crippen molar-refractivity contribution in [3.63, 3.8) is 0 Å². The number of para-hydroxylation sites is 1. The van der Waals surface area contributed by atoms with Crippen LogP contribution in [0.25, 0.3) is 0 Å². The summed E-state index contributed by atoms with van der Waals surface area (Å²) in [5, 5.41) is 13.0. The first-order chi connectivity index (χ1) is 10.1. The number of nitrogens with one attached hydrogen (secondary N) is 1. The van der Waals surface area contributed by atoms with Crippen molar-refractivity contribution in [1.29, 1.82) is 0 Å². The lowest BCUT2D eigenvalue weighted by molar-refractivity contribution is -0.137. The van der Waals surface area contributed by atoms with Crippen LogP contribution in [0.5, 0.6) is 5.75 Å². The number of primary amides is 1. The minimum absolute atomic E-state index is 0.0251. The molecule has 0 unspecified atom stereocenters. The molecule has 0 radical (unpaired) electrons. The number of hydrogen-bond donors (Lipinski definition) is 3. The molecule has 1 saturated heterocycles. The predicted molar refractivity (Wildman–Crippen MR) is 78.6 cm³/mol. The molecule has 0 atom stereocenters. The van der Waals surface area contributed by atoms with Crippen LogP contribution in [0.15, 0.2) is 24.3 Å². The van der Waals surface area contributed by atoms with Crippen LogP contribution in [0.2, 0.25) is 0 Å². The van der Waals surface area contributed by atoms with Gasteiger partial charge in [-0.25, -0.2) is 0 Å². The topological polar surface area (TPSA) is 95.7 Å². The minimum Gasteiger partial charge on any atom is -0.508 e. The number of rotatable bonds is 5. The van der Waals surface area contributed by atoms with Crippen molar-refractivity contribution in [3.8, 4) is 5.75 Å². The zero-order valence-corrected chi connectivity index (χ0v) is 11.9. The van der Waals surface area contributed by atoms with E-state index in [2.05, 4.69) is 5.32 Å². The van der Waals surface area contributed by atoms with E-state index >= 15 is 0 Å². The standard InChI is InChI=1S/C15H21N3O3/c16-14(20)10-18(12-5-7-17-8-6-12)15(21)9-11-3-1-2-4-13(11)19/h1-4,12,17,19H,5-10H2,(H2,16,20). The average Bonchev–Trinajstić information content (AvgIpc) is 2.48. The summed E-state index contributed by atoms with van der Waals surface area (Å²) in [6.07, 6.45) is 1.68. The van der Waals surface area contributed by atoms with Crippen LogP contribution in [0, 0.1) is 0 Å². The number of aromatic hydroxyl groups is 1. The Balaban J connectivity index is 2.10. The molecule has 6 nitrogen and oxygen atoms in total. The lowest BCUT2D eigenvalue weighted by atomic mass is 10.0. The highest BCUT2D eigenvalue weighted by Gasteiger charge is 2.26. The summed E-state index contributed by atoms with van der Waals surface area (Å²) in [5.74, 6) is -0.600. The fourth-order valence-corrected chi connectivity index (χ4v) is 2.63. The van der Waals surface area contributed by atoms with Gasteiger partial charge in [-0.3, -0.25) is 9.59 Å². The first-order valence-electron chi connectivity index (χ1n) is 7.13.